The third-order valence-electron chi connectivity index (χ3n) is 4.28. The van der Waals surface area contributed by atoms with Gasteiger partial charge in [0.25, 0.3) is 0 Å². The Kier molecular flexibility index (Phi) is 4.06. The van der Waals surface area contributed by atoms with E-state index in [1.165, 1.54) is 6.07 Å². The van der Waals surface area contributed by atoms with Gasteiger partial charge in [-0.1, -0.05) is 25.8 Å². The number of aliphatic hydroxyl groups is 1. The van der Waals surface area contributed by atoms with E-state index in [1.807, 2.05) is 19.9 Å². The Bertz CT molecular complexity index is 396. The zero-order valence-electron chi connectivity index (χ0n) is 11.5. The Morgan fingerprint density at radius 2 is 1.78 bits per heavy atom. The van der Waals surface area contributed by atoms with E-state index in [0.29, 0.717) is 5.56 Å². The van der Waals surface area contributed by atoms with Crippen molar-refractivity contribution in [3.05, 3.63) is 34.6 Å². The summed E-state index contributed by atoms with van der Waals surface area (Å²) in [6.45, 7) is 6.02. The van der Waals surface area contributed by atoms with Crippen LogP contribution in [0.2, 0.25) is 0 Å². The quantitative estimate of drug-likeness (QED) is 0.829. The summed E-state index contributed by atoms with van der Waals surface area (Å²) in [5.41, 5.74) is 2.30. The molecule has 0 bridgehead atoms. The summed E-state index contributed by atoms with van der Waals surface area (Å²) >= 11 is 0. The number of aryl methyl sites for hydroxylation is 2. The number of aliphatic hydroxyl groups excluding tert-OH is 1. The highest BCUT2D eigenvalue weighted by Crippen LogP contribution is 2.38. The van der Waals surface area contributed by atoms with E-state index >= 15 is 0 Å². The molecule has 100 valence electrons. The van der Waals surface area contributed by atoms with Gasteiger partial charge in [0, 0.05) is 5.56 Å². The van der Waals surface area contributed by atoms with Gasteiger partial charge in [0.2, 0.25) is 0 Å². The van der Waals surface area contributed by atoms with Crippen LogP contribution in [-0.4, -0.2) is 5.11 Å². The fourth-order valence-corrected chi connectivity index (χ4v) is 3.14. The summed E-state index contributed by atoms with van der Waals surface area (Å²) in [5.74, 6) is 0.716. The molecule has 1 aromatic rings. The third kappa shape index (κ3) is 2.74. The number of halogens is 1. The monoisotopic (exact) mass is 250 g/mol. The molecule has 1 aliphatic carbocycles. The molecular weight excluding hydrogens is 227 g/mol. The van der Waals surface area contributed by atoms with Crippen LogP contribution in [0.25, 0.3) is 0 Å². The molecule has 1 saturated carbocycles. The lowest BCUT2D eigenvalue weighted by molar-refractivity contribution is 0.0721. The van der Waals surface area contributed by atoms with Gasteiger partial charge >= 0.3 is 0 Å². The van der Waals surface area contributed by atoms with Gasteiger partial charge in [-0.3, -0.25) is 0 Å². The van der Waals surface area contributed by atoms with Crippen LogP contribution in [0.4, 0.5) is 4.39 Å². The third-order valence-corrected chi connectivity index (χ3v) is 4.28. The predicted molar refractivity (Wildman–Crippen MR) is 72.0 cm³/mol. The zero-order valence-corrected chi connectivity index (χ0v) is 11.5. The summed E-state index contributed by atoms with van der Waals surface area (Å²) in [5, 5.41) is 10.4. The second-order valence-corrected chi connectivity index (χ2v) is 5.94. The van der Waals surface area contributed by atoms with Crippen molar-refractivity contribution in [1.82, 2.24) is 0 Å². The molecule has 18 heavy (non-hydrogen) atoms. The van der Waals surface area contributed by atoms with Crippen molar-refractivity contribution < 1.29 is 9.50 Å². The van der Waals surface area contributed by atoms with Crippen LogP contribution in [0.5, 0.6) is 0 Å². The normalized spacial score (nSPS) is 26.1. The Morgan fingerprint density at radius 3 is 2.33 bits per heavy atom. The van der Waals surface area contributed by atoms with Crippen molar-refractivity contribution >= 4 is 0 Å². The number of benzene rings is 1. The van der Waals surface area contributed by atoms with Crippen molar-refractivity contribution in [3.8, 4) is 0 Å². The maximum absolute atomic E-state index is 14.0. The molecule has 0 saturated heterocycles. The average molecular weight is 250 g/mol. The smallest absolute Gasteiger partial charge is 0.129 e. The molecule has 1 N–H and O–H groups in total. The summed E-state index contributed by atoms with van der Waals surface area (Å²) in [6.07, 6.45) is 3.67. The van der Waals surface area contributed by atoms with Crippen LogP contribution >= 0.6 is 0 Å². The number of hydrogen-bond acceptors (Lipinski definition) is 1. The van der Waals surface area contributed by atoms with Gasteiger partial charge < -0.3 is 5.11 Å². The Hall–Kier alpha value is -0.890. The largest absolute Gasteiger partial charge is 0.388 e. The van der Waals surface area contributed by atoms with Crippen LogP contribution in [0, 0.1) is 31.5 Å². The van der Waals surface area contributed by atoms with Crippen LogP contribution in [0.15, 0.2) is 12.1 Å². The van der Waals surface area contributed by atoms with Gasteiger partial charge in [-0.2, -0.15) is 0 Å². The molecule has 0 aromatic heterocycles. The highest BCUT2D eigenvalue weighted by molar-refractivity contribution is 5.34. The zero-order chi connectivity index (χ0) is 13.3. The van der Waals surface area contributed by atoms with E-state index in [2.05, 4.69) is 6.92 Å². The van der Waals surface area contributed by atoms with Gasteiger partial charge in [-0.25, -0.2) is 4.39 Å². The van der Waals surface area contributed by atoms with E-state index in [9.17, 15) is 9.50 Å². The molecule has 0 spiro atoms. The Balaban J connectivity index is 2.21. The lowest BCUT2D eigenvalue weighted by Gasteiger charge is -2.31. The van der Waals surface area contributed by atoms with Crippen LogP contribution < -0.4 is 0 Å². The fourth-order valence-electron chi connectivity index (χ4n) is 3.14. The lowest BCUT2D eigenvalue weighted by Crippen LogP contribution is -2.21. The summed E-state index contributed by atoms with van der Waals surface area (Å²) in [4.78, 5) is 0. The standard InChI is InChI=1S/C16H23FO/c1-10-4-6-13(7-5-10)16(18)15-12(3)8-11(2)9-14(15)17/h8-10,13,16,18H,4-7H2,1-3H3. The van der Waals surface area contributed by atoms with E-state index in [0.717, 1.165) is 42.7 Å². The van der Waals surface area contributed by atoms with Gasteiger partial charge in [-0.05, 0) is 55.7 Å². The van der Waals surface area contributed by atoms with Crippen molar-refractivity contribution in [2.45, 2.75) is 52.6 Å². The summed E-state index contributed by atoms with van der Waals surface area (Å²) < 4.78 is 14.0. The number of rotatable bonds is 2. The first-order valence-electron chi connectivity index (χ1n) is 6.93. The first-order valence-corrected chi connectivity index (χ1v) is 6.93. The predicted octanol–water partition coefficient (Wildman–Crippen LogP) is 4.30. The molecule has 1 fully saturated rings. The molecule has 2 heteroatoms. The minimum Gasteiger partial charge on any atom is -0.388 e. The highest BCUT2D eigenvalue weighted by atomic mass is 19.1. The molecule has 0 radical (unpaired) electrons. The molecule has 0 aliphatic heterocycles. The lowest BCUT2D eigenvalue weighted by atomic mass is 9.78. The van der Waals surface area contributed by atoms with Crippen molar-refractivity contribution in [1.29, 1.82) is 0 Å². The first-order chi connectivity index (χ1) is 8.49. The summed E-state index contributed by atoms with van der Waals surface area (Å²) in [7, 11) is 0. The van der Waals surface area contributed by atoms with E-state index in [-0.39, 0.29) is 11.7 Å². The maximum Gasteiger partial charge on any atom is 0.129 e. The van der Waals surface area contributed by atoms with E-state index < -0.39 is 6.10 Å². The number of hydrogen-bond donors (Lipinski definition) is 1. The van der Waals surface area contributed by atoms with Crippen molar-refractivity contribution in [2.75, 3.05) is 0 Å². The van der Waals surface area contributed by atoms with Gasteiger partial charge in [0.1, 0.15) is 5.82 Å². The SMILES string of the molecule is Cc1cc(C)c(C(O)C2CCC(C)CC2)c(F)c1. The molecule has 1 unspecified atom stereocenters. The molecule has 1 nitrogen and oxygen atoms in total. The Labute approximate surface area is 109 Å². The molecule has 1 aromatic carbocycles. The summed E-state index contributed by atoms with van der Waals surface area (Å²) in [6, 6.07) is 3.48. The minimum atomic E-state index is -0.641. The van der Waals surface area contributed by atoms with Crippen LogP contribution in [0.1, 0.15) is 55.4 Å². The fraction of sp³-hybridized carbons (Fsp3) is 0.625. The van der Waals surface area contributed by atoms with E-state index in [4.69, 9.17) is 0 Å². The Morgan fingerprint density at radius 1 is 1.17 bits per heavy atom. The van der Waals surface area contributed by atoms with Crippen molar-refractivity contribution in [2.24, 2.45) is 11.8 Å². The minimum absolute atomic E-state index is 0.220. The van der Waals surface area contributed by atoms with Gasteiger partial charge in [0.15, 0.2) is 0 Å². The first kappa shape index (κ1) is 13.5. The van der Waals surface area contributed by atoms with E-state index in [1.54, 1.807) is 0 Å². The van der Waals surface area contributed by atoms with Crippen molar-refractivity contribution in [3.63, 3.8) is 0 Å². The van der Waals surface area contributed by atoms with Gasteiger partial charge in [0.05, 0.1) is 6.10 Å². The van der Waals surface area contributed by atoms with Gasteiger partial charge in [-0.15, -0.1) is 0 Å². The molecule has 1 atom stereocenters. The second-order valence-electron chi connectivity index (χ2n) is 5.94. The molecule has 0 heterocycles. The average Bonchev–Trinajstić information content (AvgIpc) is 2.28. The van der Waals surface area contributed by atoms with Crippen LogP contribution in [-0.2, 0) is 0 Å². The maximum atomic E-state index is 14.0. The topological polar surface area (TPSA) is 20.2 Å². The highest BCUT2D eigenvalue weighted by Gasteiger charge is 2.28. The molecule has 0 amide bonds. The second kappa shape index (κ2) is 5.40. The molecule has 2 rings (SSSR count). The molecule has 1 aliphatic rings. The molecular formula is C16H23FO. The van der Waals surface area contributed by atoms with Crippen LogP contribution in [0.3, 0.4) is 0 Å².